The van der Waals surface area contributed by atoms with Crippen LogP contribution in [0.5, 0.6) is 0 Å². The van der Waals surface area contributed by atoms with Gasteiger partial charge >= 0.3 is 0 Å². The number of rotatable bonds is 5. The predicted octanol–water partition coefficient (Wildman–Crippen LogP) is 2.34. The molecule has 0 radical (unpaired) electrons. The van der Waals surface area contributed by atoms with Crippen molar-refractivity contribution in [2.75, 3.05) is 0 Å². The Morgan fingerprint density at radius 1 is 1.43 bits per heavy atom. The Morgan fingerprint density at radius 3 is 2.71 bits per heavy atom. The maximum atomic E-state index is 12.8. The molecule has 2 aromatic rings. The maximum absolute atomic E-state index is 12.8. The smallest absolute Gasteiger partial charge is 0.247 e. The Bertz CT molecular complexity index is 618. The van der Waals surface area contributed by atoms with Gasteiger partial charge in [-0.05, 0) is 49.9 Å². The number of hydrogen-bond donors (Lipinski definition) is 0. The summed E-state index contributed by atoms with van der Waals surface area (Å²) in [6.07, 6.45) is 9.44. The van der Waals surface area contributed by atoms with Crippen LogP contribution in [0, 0.1) is 6.92 Å². The number of hydrogen-bond acceptors (Lipinski definition) is 3. The normalized spacial score (nSPS) is 15.7. The molecule has 2 aromatic heterocycles. The number of pyridine rings is 1. The van der Waals surface area contributed by atoms with Gasteiger partial charge in [-0.3, -0.25) is 14.5 Å². The molecule has 2 heterocycles. The quantitative estimate of drug-likeness (QED) is 0.846. The van der Waals surface area contributed by atoms with Crippen molar-refractivity contribution in [3.8, 4) is 0 Å². The van der Waals surface area contributed by atoms with Crippen LogP contribution in [0.2, 0.25) is 0 Å². The number of aryl methyl sites for hydroxylation is 1. The summed E-state index contributed by atoms with van der Waals surface area (Å²) in [7, 11) is 0. The van der Waals surface area contributed by atoms with E-state index in [0.29, 0.717) is 12.6 Å². The van der Waals surface area contributed by atoms with Crippen LogP contribution in [0.25, 0.3) is 0 Å². The molecule has 3 rings (SSSR count). The summed E-state index contributed by atoms with van der Waals surface area (Å²) in [4.78, 5) is 18.8. The lowest BCUT2D eigenvalue weighted by atomic mass is 10.2. The van der Waals surface area contributed by atoms with Crippen LogP contribution >= 0.6 is 0 Å². The van der Waals surface area contributed by atoms with Gasteiger partial charge in [0, 0.05) is 31.2 Å². The van der Waals surface area contributed by atoms with Crippen LogP contribution in [0.15, 0.2) is 36.9 Å². The van der Waals surface area contributed by atoms with E-state index in [0.717, 1.165) is 24.0 Å². The molecule has 5 heteroatoms. The second-order valence-electron chi connectivity index (χ2n) is 5.73. The lowest BCUT2D eigenvalue weighted by Crippen LogP contribution is -2.37. The van der Waals surface area contributed by atoms with E-state index in [4.69, 9.17) is 0 Å². The molecule has 1 saturated carbocycles. The molecule has 1 aliphatic carbocycles. The Balaban J connectivity index is 1.76. The lowest BCUT2D eigenvalue weighted by molar-refractivity contribution is -0.135. The molecule has 0 bridgehead atoms. The van der Waals surface area contributed by atoms with Crippen molar-refractivity contribution < 1.29 is 4.79 Å². The molecular formula is C16H20N4O. The summed E-state index contributed by atoms with van der Waals surface area (Å²) < 4.78 is 1.75. The van der Waals surface area contributed by atoms with Crippen molar-refractivity contribution in [1.29, 1.82) is 0 Å². The first-order valence-electron chi connectivity index (χ1n) is 7.35. The van der Waals surface area contributed by atoms with Gasteiger partial charge in [-0.15, -0.1) is 0 Å². The minimum Gasteiger partial charge on any atom is -0.334 e. The van der Waals surface area contributed by atoms with Gasteiger partial charge in [0.05, 0.1) is 6.20 Å². The number of nitrogens with zero attached hydrogens (tertiary/aromatic N) is 4. The van der Waals surface area contributed by atoms with E-state index in [-0.39, 0.29) is 11.9 Å². The number of carbonyl (C=O) groups excluding carboxylic acids is 1. The van der Waals surface area contributed by atoms with Crippen LogP contribution in [-0.2, 0) is 11.3 Å². The summed E-state index contributed by atoms with van der Waals surface area (Å²) in [5.74, 6) is 0.136. The lowest BCUT2D eigenvalue weighted by Gasteiger charge is -2.26. The maximum Gasteiger partial charge on any atom is 0.247 e. The second kappa shape index (κ2) is 5.68. The zero-order valence-corrected chi connectivity index (χ0v) is 12.4. The average molecular weight is 284 g/mol. The van der Waals surface area contributed by atoms with Crippen LogP contribution in [0.1, 0.15) is 36.9 Å². The summed E-state index contributed by atoms with van der Waals surface area (Å²) >= 11 is 0. The monoisotopic (exact) mass is 284 g/mol. The first-order chi connectivity index (χ1) is 10.1. The SMILES string of the molecule is Cc1cnn([C@H](C)C(=O)N(Cc2ccncc2)C2CC2)c1. The van der Waals surface area contributed by atoms with E-state index >= 15 is 0 Å². The molecule has 0 aliphatic heterocycles. The van der Waals surface area contributed by atoms with Crippen LogP contribution in [0.4, 0.5) is 0 Å². The third kappa shape index (κ3) is 3.12. The molecular weight excluding hydrogens is 264 g/mol. The van der Waals surface area contributed by atoms with Crippen LogP contribution in [0.3, 0.4) is 0 Å². The molecule has 21 heavy (non-hydrogen) atoms. The van der Waals surface area contributed by atoms with E-state index in [1.807, 2.05) is 37.1 Å². The van der Waals surface area contributed by atoms with Gasteiger partial charge < -0.3 is 4.90 Å². The highest BCUT2D eigenvalue weighted by Crippen LogP contribution is 2.30. The Hall–Kier alpha value is -2.17. The molecule has 0 spiro atoms. The molecule has 1 amide bonds. The molecule has 0 unspecified atom stereocenters. The Kier molecular flexibility index (Phi) is 3.73. The largest absolute Gasteiger partial charge is 0.334 e. The molecule has 1 atom stereocenters. The topological polar surface area (TPSA) is 51.0 Å². The number of aromatic nitrogens is 3. The van der Waals surface area contributed by atoms with E-state index in [1.54, 1.807) is 23.3 Å². The van der Waals surface area contributed by atoms with Crippen molar-refractivity contribution >= 4 is 5.91 Å². The number of carbonyl (C=O) groups is 1. The van der Waals surface area contributed by atoms with Crippen molar-refractivity contribution in [2.45, 2.75) is 45.3 Å². The molecule has 1 aliphatic rings. The zero-order chi connectivity index (χ0) is 14.8. The molecule has 0 aromatic carbocycles. The highest BCUT2D eigenvalue weighted by atomic mass is 16.2. The fourth-order valence-electron chi connectivity index (χ4n) is 2.46. The first-order valence-corrected chi connectivity index (χ1v) is 7.35. The van der Waals surface area contributed by atoms with Crippen molar-refractivity contribution in [3.05, 3.63) is 48.0 Å². The predicted molar refractivity (Wildman–Crippen MR) is 79.5 cm³/mol. The molecule has 0 saturated heterocycles. The third-order valence-electron chi connectivity index (χ3n) is 3.86. The van der Waals surface area contributed by atoms with Gasteiger partial charge in [-0.1, -0.05) is 0 Å². The van der Waals surface area contributed by atoms with Gasteiger partial charge in [-0.2, -0.15) is 5.10 Å². The van der Waals surface area contributed by atoms with Gasteiger partial charge in [-0.25, -0.2) is 0 Å². The van der Waals surface area contributed by atoms with Crippen LogP contribution < -0.4 is 0 Å². The fourth-order valence-corrected chi connectivity index (χ4v) is 2.46. The van der Waals surface area contributed by atoms with Crippen LogP contribution in [-0.4, -0.2) is 31.6 Å². The second-order valence-corrected chi connectivity index (χ2v) is 5.73. The summed E-state index contributed by atoms with van der Waals surface area (Å²) in [5.41, 5.74) is 2.19. The molecule has 0 N–H and O–H groups in total. The summed E-state index contributed by atoms with van der Waals surface area (Å²) in [6.45, 7) is 4.55. The molecule has 5 nitrogen and oxygen atoms in total. The Morgan fingerprint density at radius 2 is 2.14 bits per heavy atom. The van der Waals surface area contributed by atoms with E-state index in [9.17, 15) is 4.79 Å². The average Bonchev–Trinajstić information content (AvgIpc) is 3.25. The van der Waals surface area contributed by atoms with E-state index in [2.05, 4.69) is 10.1 Å². The minimum absolute atomic E-state index is 0.136. The van der Waals surface area contributed by atoms with Gasteiger partial charge in [0.15, 0.2) is 0 Å². The molecule has 1 fully saturated rings. The standard InChI is InChI=1S/C16H20N4O/c1-12-9-18-20(10-12)13(2)16(21)19(15-3-4-15)11-14-5-7-17-8-6-14/h5-10,13,15H,3-4,11H2,1-2H3/t13-/m1/s1. The zero-order valence-electron chi connectivity index (χ0n) is 12.4. The van der Waals surface area contributed by atoms with Gasteiger partial charge in [0.25, 0.3) is 0 Å². The Labute approximate surface area is 124 Å². The van der Waals surface area contributed by atoms with Crippen molar-refractivity contribution in [1.82, 2.24) is 19.7 Å². The number of amides is 1. The van der Waals surface area contributed by atoms with Gasteiger partial charge in [0.1, 0.15) is 6.04 Å². The van der Waals surface area contributed by atoms with Crippen molar-refractivity contribution in [3.63, 3.8) is 0 Å². The first kappa shape index (κ1) is 13.8. The highest BCUT2D eigenvalue weighted by Gasteiger charge is 2.35. The third-order valence-corrected chi connectivity index (χ3v) is 3.86. The highest BCUT2D eigenvalue weighted by molar-refractivity contribution is 5.80. The molecule has 110 valence electrons. The van der Waals surface area contributed by atoms with E-state index in [1.165, 1.54) is 0 Å². The fraction of sp³-hybridized carbons (Fsp3) is 0.438. The van der Waals surface area contributed by atoms with Crippen molar-refractivity contribution in [2.24, 2.45) is 0 Å². The minimum atomic E-state index is -0.263. The summed E-state index contributed by atoms with van der Waals surface area (Å²) in [6, 6.07) is 4.04. The van der Waals surface area contributed by atoms with E-state index < -0.39 is 0 Å². The summed E-state index contributed by atoms with van der Waals surface area (Å²) in [5, 5.41) is 4.27. The van der Waals surface area contributed by atoms with Gasteiger partial charge in [0.2, 0.25) is 5.91 Å².